The lowest BCUT2D eigenvalue weighted by Crippen LogP contribution is -2.22. The average Bonchev–Trinajstić information content (AvgIpc) is 3.43. The number of hydrogen-bond donors (Lipinski definition) is 1. The molecule has 0 fully saturated rings. The number of phenolic OH excluding ortho intramolecular Hbond substituents is 1. The molecular weight excluding hydrogens is 556 g/mol. The highest BCUT2D eigenvalue weighted by Crippen LogP contribution is 2.47. The predicted octanol–water partition coefficient (Wildman–Crippen LogP) is 4.94. The maximum absolute atomic E-state index is 13.8. The van der Waals surface area contributed by atoms with Crippen LogP contribution in [0.15, 0.2) is 70.3 Å². The van der Waals surface area contributed by atoms with E-state index in [0.717, 1.165) is 5.82 Å². The molecule has 1 atom stereocenters. The molecule has 3 aromatic carbocycles. The minimum absolute atomic E-state index is 0.0232. The van der Waals surface area contributed by atoms with E-state index in [2.05, 4.69) is 4.98 Å². The molecule has 0 bridgehead atoms. The number of rotatable bonds is 8. The van der Waals surface area contributed by atoms with Crippen molar-refractivity contribution in [2.45, 2.75) is 18.9 Å². The van der Waals surface area contributed by atoms with E-state index in [9.17, 15) is 14.7 Å². The van der Waals surface area contributed by atoms with Crippen molar-refractivity contribution in [2.75, 3.05) is 21.3 Å². The van der Waals surface area contributed by atoms with Gasteiger partial charge in [-0.15, -0.1) is 0 Å². The fraction of sp³-hybridized carbons (Fsp3) is 0.219. The van der Waals surface area contributed by atoms with Crippen molar-refractivity contribution >= 4 is 16.9 Å². The molecule has 5 aromatic rings. The van der Waals surface area contributed by atoms with Gasteiger partial charge in [-0.05, 0) is 35.4 Å². The van der Waals surface area contributed by atoms with Crippen molar-refractivity contribution in [3.63, 3.8) is 0 Å². The fourth-order valence-corrected chi connectivity index (χ4v) is 5.32. The summed E-state index contributed by atoms with van der Waals surface area (Å²) in [6.07, 6.45) is 4.82. The van der Waals surface area contributed by atoms with Crippen LogP contribution in [0.1, 0.15) is 29.3 Å². The van der Waals surface area contributed by atoms with Gasteiger partial charge in [0.1, 0.15) is 41.2 Å². The van der Waals surface area contributed by atoms with Gasteiger partial charge in [0.05, 0.1) is 33.3 Å². The number of aryl methyl sites for hydroxylation is 1. The average molecular weight is 585 g/mol. The first-order chi connectivity index (χ1) is 20.8. The Balaban J connectivity index is 1.44. The molecule has 3 heterocycles. The van der Waals surface area contributed by atoms with Gasteiger partial charge in [-0.1, -0.05) is 12.1 Å². The van der Waals surface area contributed by atoms with Crippen LogP contribution < -0.4 is 29.1 Å². The Bertz CT molecular complexity index is 1920. The Kier molecular flexibility index (Phi) is 7.14. The number of aromatic nitrogens is 2. The van der Waals surface area contributed by atoms with Gasteiger partial charge in [0.15, 0.2) is 23.0 Å². The topological polar surface area (TPSA) is 131 Å². The van der Waals surface area contributed by atoms with Crippen LogP contribution in [-0.2, 0) is 18.4 Å². The second-order valence-corrected chi connectivity index (χ2v) is 9.94. The van der Waals surface area contributed by atoms with Gasteiger partial charge in [-0.25, -0.2) is 4.98 Å². The lowest BCUT2D eigenvalue weighted by Gasteiger charge is -2.26. The van der Waals surface area contributed by atoms with Gasteiger partial charge in [0, 0.05) is 37.0 Å². The van der Waals surface area contributed by atoms with Gasteiger partial charge in [0.25, 0.3) is 0 Å². The Hall–Kier alpha value is -5.45. The number of phenols is 1. The van der Waals surface area contributed by atoms with E-state index in [1.807, 2.05) is 23.9 Å². The van der Waals surface area contributed by atoms with Crippen LogP contribution in [-0.4, -0.2) is 42.0 Å². The first kappa shape index (κ1) is 27.7. The molecular formula is C32H28N2O9. The molecule has 0 aliphatic carbocycles. The molecule has 6 rings (SSSR count). The van der Waals surface area contributed by atoms with Crippen molar-refractivity contribution in [2.24, 2.45) is 7.05 Å². The largest absolute Gasteiger partial charge is 0.507 e. The first-order valence-electron chi connectivity index (χ1n) is 13.3. The highest BCUT2D eigenvalue weighted by atomic mass is 16.5. The summed E-state index contributed by atoms with van der Waals surface area (Å²) >= 11 is 0. The molecule has 0 spiro atoms. The van der Waals surface area contributed by atoms with E-state index in [0.29, 0.717) is 39.7 Å². The molecule has 1 aliphatic rings. The van der Waals surface area contributed by atoms with Crippen LogP contribution in [0.4, 0.5) is 0 Å². The maximum atomic E-state index is 13.8. The highest BCUT2D eigenvalue weighted by Gasteiger charge is 2.34. The Morgan fingerprint density at radius 3 is 2.44 bits per heavy atom. The summed E-state index contributed by atoms with van der Waals surface area (Å²) in [6, 6.07) is 11.7. The van der Waals surface area contributed by atoms with Crippen LogP contribution in [0.2, 0.25) is 0 Å². The third-order valence-electron chi connectivity index (χ3n) is 7.53. The second kappa shape index (κ2) is 11.1. The summed E-state index contributed by atoms with van der Waals surface area (Å²) in [6.45, 7) is 0.231. The molecule has 11 heteroatoms. The Morgan fingerprint density at radius 1 is 0.977 bits per heavy atom. The van der Waals surface area contributed by atoms with E-state index < -0.39 is 17.3 Å². The minimum atomic E-state index is -0.563. The number of fused-ring (bicyclic) bond motifs is 3. The Morgan fingerprint density at radius 2 is 1.72 bits per heavy atom. The molecule has 2 aromatic heterocycles. The van der Waals surface area contributed by atoms with E-state index >= 15 is 0 Å². The zero-order valence-corrected chi connectivity index (χ0v) is 23.9. The number of ether oxygens (including phenoxy) is 5. The van der Waals surface area contributed by atoms with Crippen LogP contribution >= 0.6 is 0 Å². The molecule has 43 heavy (non-hydrogen) atoms. The lowest BCUT2D eigenvalue weighted by molar-refractivity contribution is -0.135. The summed E-state index contributed by atoms with van der Waals surface area (Å²) in [4.78, 5) is 30.7. The molecule has 220 valence electrons. The van der Waals surface area contributed by atoms with Crippen molar-refractivity contribution in [3.8, 4) is 45.6 Å². The number of aromatic hydroxyl groups is 1. The molecule has 11 nitrogen and oxygen atoms in total. The number of imidazole rings is 1. The van der Waals surface area contributed by atoms with Crippen molar-refractivity contribution in [3.05, 3.63) is 88.3 Å². The summed E-state index contributed by atoms with van der Waals surface area (Å²) in [7, 11) is 6.42. The summed E-state index contributed by atoms with van der Waals surface area (Å²) < 4.78 is 35.7. The van der Waals surface area contributed by atoms with Crippen LogP contribution in [0.5, 0.6) is 34.5 Å². The summed E-state index contributed by atoms with van der Waals surface area (Å²) in [5.74, 6) is 1.31. The molecule has 0 saturated carbocycles. The van der Waals surface area contributed by atoms with Crippen molar-refractivity contribution in [1.82, 2.24) is 9.55 Å². The molecule has 0 amide bonds. The number of hydrogen-bond acceptors (Lipinski definition) is 10. The van der Waals surface area contributed by atoms with Gasteiger partial charge in [-0.2, -0.15) is 0 Å². The number of nitrogens with zero attached hydrogens (tertiary/aromatic N) is 2. The van der Waals surface area contributed by atoms with Gasteiger partial charge in [-0.3, -0.25) is 9.59 Å². The fourth-order valence-electron chi connectivity index (χ4n) is 5.32. The van der Waals surface area contributed by atoms with Crippen LogP contribution in [0.3, 0.4) is 0 Å². The molecule has 0 radical (unpaired) electrons. The number of esters is 1. The number of carbonyl (C=O) groups excluding carboxylic acids is 1. The lowest BCUT2D eigenvalue weighted by atomic mass is 9.84. The van der Waals surface area contributed by atoms with E-state index in [1.54, 1.807) is 36.5 Å². The normalized spacial score (nSPS) is 14.2. The number of benzene rings is 3. The monoisotopic (exact) mass is 584 g/mol. The molecule has 1 N–H and O–H groups in total. The molecule has 0 saturated heterocycles. The van der Waals surface area contributed by atoms with Gasteiger partial charge < -0.3 is 37.8 Å². The third kappa shape index (κ3) is 4.88. The van der Waals surface area contributed by atoms with Gasteiger partial charge >= 0.3 is 5.97 Å². The van der Waals surface area contributed by atoms with E-state index in [1.165, 1.54) is 33.7 Å². The zero-order valence-electron chi connectivity index (χ0n) is 23.9. The van der Waals surface area contributed by atoms with E-state index in [-0.39, 0.29) is 41.1 Å². The number of carbonyl (C=O) groups is 1. The SMILES string of the molecule is COc1ccc(-c2coc3c4c(cc(O)c3c2=O)OC(=O)C[C@@H]4c2ccc(OCc3nccn3C)c(OC)c2)cc1OC. The van der Waals surface area contributed by atoms with Crippen LogP contribution in [0.25, 0.3) is 22.1 Å². The number of methoxy groups -OCH3 is 3. The standard InChI is InChI=1S/C32H28N2O9/c1-34-10-9-33-27(34)16-41-23-8-6-17(11-25(23)40-4)19-13-28(36)43-26-14-21(35)30-31(37)20(15-42-32(30)29(19)26)18-5-7-22(38-2)24(12-18)39-3/h5-12,14-15,19,35H,13,16H2,1-4H3/t19-/m1/s1. The van der Waals surface area contributed by atoms with E-state index in [4.69, 9.17) is 28.1 Å². The second-order valence-electron chi connectivity index (χ2n) is 9.94. The maximum Gasteiger partial charge on any atom is 0.312 e. The smallest absolute Gasteiger partial charge is 0.312 e. The quantitative estimate of drug-likeness (QED) is 0.198. The minimum Gasteiger partial charge on any atom is -0.507 e. The van der Waals surface area contributed by atoms with Crippen molar-refractivity contribution < 1.29 is 38.0 Å². The van der Waals surface area contributed by atoms with Gasteiger partial charge in [0.2, 0.25) is 5.43 Å². The zero-order chi connectivity index (χ0) is 30.2. The predicted molar refractivity (Wildman–Crippen MR) is 155 cm³/mol. The van der Waals surface area contributed by atoms with Crippen LogP contribution in [0, 0.1) is 0 Å². The third-order valence-corrected chi connectivity index (χ3v) is 7.53. The summed E-state index contributed by atoms with van der Waals surface area (Å²) in [5, 5.41) is 10.9. The highest BCUT2D eigenvalue weighted by molar-refractivity contribution is 5.94. The van der Waals surface area contributed by atoms with Crippen molar-refractivity contribution in [1.29, 1.82) is 0 Å². The molecule has 0 unspecified atom stereocenters. The Labute approximate surface area is 245 Å². The first-order valence-corrected chi connectivity index (χ1v) is 13.3. The summed E-state index contributed by atoms with van der Waals surface area (Å²) in [5.41, 5.74) is 1.56. The molecule has 1 aliphatic heterocycles.